The Morgan fingerprint density at radius 3 is 2.85 bits per heavy atom. The molecule has 1 aliphatic rings. The van der Waals surface area contributed by atoms with Gasteiger partial charge in [0.2, 0.25) is 0 Å². The van der Waals surface area contributed by atoms with Crippen LogP contribution >= 0.6 is 24.2 Å². The molecule has 1 aromatic carbocycles. The lowest BCUT2D eigenvalue weighted by atomic mass is 10.1. The zero-order valence-corrected chi connectivity index (χ0v) is 15.9. The van der Waals surface area contributed by atoms with E-state index in [1.54, 1.807) is 28.6 Å². The maximum Gasteiger partial charge on any atom is 0.284 e. The Morgan fingerprint density at radius 2 is 2.23 bits per heavy atom. The first-order valence-electron chi connectivity index (χ1n) is 7.78. The van der Waals surface area contributed by atoms with Gasteiger partial charge in [0.1, 0.15) is 6.33 Å². The fraction of sp³-hybridized carbons (Fsp3) is 0.400. The van der Waals surface area contributed by atoms with Gasteiger partial charge in [-0.2, -0.15) is 0 Å². The van der Waals surface area contributed by atoms with Crippen molar-refractivity contribution in [2.24, 2.45) is 7.05 Å². The van der Waals surface area contributed by atoms with E-state index in [0.29, 0.717) is 28.7 Å². The minimum absolute atomic E-state index is 0. The van der Waals surface area contributed by atoms with Crippen LogP contribution in [-0.2, 0) is 7.05 Å². The highest BCUT2D eigenvalue weighted by Crippen LogP contribution is 2.34. The molecule has 0 bridgehead atoms. The number of nitrogens with one attached hydrogen (secondary N) is 1. The number of rotatable bonds is 4. The van der Waals surface area contributed by atoms with Crippen molar-refractivity contribution in [1.29, 1.82) is 0 Å². The molecule has 0 saturated carbocycles. The maximum atomic E-state index is 12.6. The molecule has 2 heterocycles. The van der Waals surface area contributed by atoms with Crippen molar-refractivity contribution in [2.45, 2.75) is 23.0 Å². The molecular formula is C15H19ClN6O3S. The smallest absolute Gasteiger partial charge is 0.284 e. The molecule has 1 amide bonds. The molecule has 1 aromatic heterocycles. The minimum atomic E-state index is -0.476. The summed E-state index contributed by atoms with van der Waals surface area (Å²) in [7, 11) is 1.76. The second kappa shape index (κ2) is 8.47. The number of aryl methyl sites for hydroxylation is 1. The third-order valence-corrected chi connectivity index (χ3v) is 5.05. The van der Waals surface area contributed by atoms with Crippen LogP contribution in [0.2, 0.25) is 0 Å². The number of nitro groups is 1. The number of nitrogens with zero attached hydrogens (tertiary/aromatic N) is 5. The normalized spacial score (nSPS) is 16.8. The van der Waals surface area contributed by atoms with E-state index in [-0.39, 0.29) is 30.0 Å². The van der Waals surface area contributed by atoms with Crippen LogP contribution in [-0.4, -0.2) is 56.2 Å². The molecule has 26 heavy (non-hydrogen) atoms. The first-order chi connectivity index (χ1) is 12.0. The second-order valence-corrected chi connectivity index (χ2v) is 6.88. The second-order valence-electron chi connectivity index (χ2n) is 5.87. The van der Waals surface area contributed by atoms with Crippen molar-refractivity contribution < 1.29 is 9.72 Å². The standard InChI is InChI=1S/C15H18N6O3S.ClH/c1-10-8-20(6-5-16-10)14(22)11-3-4-13(12(7-11)21(23)24)25-15-18-17-9-19(15)2;/h3-4,7,9-10,16H,5-6,8H2,1-2H3;1H. The zero-order valence-electron chi connectivity index (χ0n) is 14.3. The van der Waals surface area contributed by atoms with Gasteiger partial charge < -0.3 is 14.8 Å². The Hall–Kier alpha value is -2.17. The van der Waals surface area contributed by atoms with Crippen LogP contribution in [0.15, 0.2) is 34.6 Å². The highest BCUT2D eigenvalue weighted by molar-refractivity contribution is 7.99. The Kier molecular flexibility index (Phi) is 6.57. The number of hydrogen-bond acceptors (Lipinski definition) is 7. The van der Waals surface area contributed by atoms with Crippen LogP contribution in [0.4, 0.5) is 5.69 Å². The van der Waals surface area contributed by atoms with E-state index in [4.69, 9.17) is 0 Å². The lowest BCUT2D eigenvalue weighted by Crippen LogP contribution is -2.51. The lowest BCUT2D eigenvalue weighted by molar-refractivity contribution is -0.387. The van der Waals surface area contributed by atoms with Crippen molar-refractivity contribution in [3.63, 3.8) is 0 Å². The average molecular weight is 399 g/mol. The summed E-state index contributed by atoms with van der Waals surface area (Å²) in [6, 6.07) is 4.77. The number of halogens is 1. The summed E-state index contributed by atoms with van der Waals surface area (Å²) in [5, 5.41) is 22.9. The van der Waals surface area contributed by atoms with Crippen LogP contribution in [0.5, 0.6) is 0 Å². The van der Waals surface area contributed by atoms with Gasteiger partial charge in [-0.25, -0.2) is 0 Å². The molecule has 9 nitrogen and oxygen atoms in total. The third-order valence-electron chi connectivity index (χ3n) is 3.93. The Labute approximate surface area is 160 Å². The van der Waals surface area contributed by atoms with Crippen LogP contribution in [0.3, 0.4) is 0 Å². The highest BCUT2D eigenvalue weighted by Gasteiger charge is 2.25. The van der Waals surface area contributed by atoms with Crippen LogP contribution in [0.25, 0.3) is 0 Å². The van der Waals surface area contributed by atoms with Gasteiger partial charge in [0.15, 0.2) is 5.16 Å². The SMILES string of the molecule is CC1CN(C(=O)c2ccc(Sc3nncn3C)c([N+](=O)[O-])c2)CCN1.Cl. The number of piperazine rings is 1. The Balaban J connectivity index is 0.00000243. The van der Waals surface area contributed by atoms with Gasteiger partial charge in [-0.15, -0.1) is 22.6 Å². The molecule has 1 aliphatic heterocycles. The fourth-order valence-corrected chi connectivity index (χ4v) is 3.49. The third kappa shape index (κ3) is 4.32. The molecule has 1 atom stereocenters. The van der Waals surface area contributed by atoms with E-state index >= 15 is 0 Å². The molecule has 1 N–H and O–H groups in total. The number of carbonyl (C=O) groups is 1. The first-order valence-corrected chi connectivity index (χ1v) is 8.60. The van der Waals surface area contributed by atoms with E-state index in [1.807, 2.05) is 6.92 Å². The van der Waals surface area contributed by atoms with Gasteiger partial charge >= 0.3 is 0 Å². The molecule has 1 unspecified atom stereocenters. The summed E-state index contributed by atoms with van der Waals surface area (Å²) >= 11 is 1.15. The number of benzene rings is 1. The van der Waals surface area contributed by atoms with Gasteiger partial charge in [-0.3, -0.25) is 14.9 Å². The molecule has 3 rings (SSSR count). The predicted molar refractivity (Wildman–Crippen MR) is 98.8 cm³/mol. The van der Waals surface area contributed by atoms with Crippen LogP contribution in [0, 0.1) is 10.1 Å². The van der Waals surface area contributed by atoms with Gasteiger partial charge in [0, 0.05) is 44.4 Å². The summed E-state index contributed by atoms with van der Waals surface area (Å²) in [4.78, 5) is 25.8. The van der Waals surface area contributed by atoms with Crippen molar-refractivity contribution in [1.82, 2.24) is 25.0 Å². The van der Waals surface area contributed by atoms with Crippen LogP contribution in [0.1, 0.15) is 17.3 Å². The van der Waals surface area contributed by atoms with Gasteiger partial charge in [-0.1, -0.05) is 0 Å². The summed E-state index contributed by atoms with van der Waals surface area (Å²) in [5.74, 6) is -0.188. The Morgan fingerprint density at radius 1 is 1.46 bits per heavy atom. The topological polar surface area (TPSA) is 106 Å². The molecule has 140 valence electrons. The number of hydrogen-bond donors (Lipinski definition) is 1. The molecule has 2 aromatic rings. The largest absolute Gasteiger partial charge is 0.336 e. The minimum Gasteiger partial charge on any atom is -0.336 e. The molecule has 1 fully saturated rings. The molecular weight excluding hydrogens is 380 g/mol. The quantitative estimate of drug-likeness (QED) is 0.617. The molecule has 11 heteroatoms. The molecule has 1 saturated heterocycles. The van der Waals surface area contributed by atoms with Crippen molar-refractivity contribution >= 4 is 35.8 Å². The average Bonchev–Trinajstić information content (AvgIpc) is 2.99. The summed E-state index contributed by atoms with van der Waals surface area (Å²) in [5.41, 5.74) is 0.213. The van der Waals surface area contributed by atoms with Gasteiger partial charge in [0.05, 0.1) is 9.82 Å². The van der Waals surface area contributed by atoms with Gasteiger partial charge in [-0.05, 0) is 30.8 Å². The molecule has 0 spiro atoms. The van der Waals surface area contributed by atoms with Gasteiger partial charge in [0.25, 0.3) is 11.6 Å². The maximum absolute atomic E-state index is 12.6. The van der Waals surface area contributed by atoms with E-state index in [1.165, 1.54) is 12.4 Å². The summed E-state index contributed by atoms with van der Waals surface area (Å²) in [6.45, 7) is 3.89. The fourth-order valence-electron chi connectivity index (χ4n) is 2.64. The number of amides is 1. The van der Waals surface area contributed by atoms with E-state index in [0.717, 1.165) is 18.3 Å². The monoisotopic (exact) mass is 398 g/mol. The van der Waals surface area contributed by atoms with Crippen molar-refractivity contribution in [3.8, 4) is 0 Å². The predicted octanol–water partition coefficient (Wildman–Crippen LogP) is 1.73. The van der Waals surface area contributed by atoms with Crippen molar-refractivity contribution in [2.75, 3.05) is 19.6 Å². The number of aromatic nitrogens is 3. The Bertz CT molecular complexity index is 814. The van der Waals surface area contributed by atoms with E-state index in [2.05, 4.69) is 15.5 Å². The summed E-state index contributed by atoms with van der Waals surface area (Å²) in [6.07, 6.45) is 1.53. The van der Waals surface area contributed by atoms with E-state index in [9.17, 15) is 14.9 Å². The number of nitro benzene ring substituents is 1. The lowest BCUT2D eigenvalue weighted by Gasteiger charge is -2.31. The molecule has 0 radical (unpaired) electrons. The summed E-state index contributed by atoms with van der Waals surface area (Å²) < 4.78 is 1.68. The highest BCUT2D eigenvalue weighted by atomic mass is 35.5. The number of carbonyl (C=O) groups excluding carboxylic acids is 1. The van der Waals surface area contributed by atoms with E-state index < -0.39 is 4.92 Å². The molecule has 0 aliphatic carbocycles. The zero-order chi connectivity index (χ0) is 18.0. The van der Waals surface area contributed by atoms with Crippen molar-refractivity contribution in [3.05, 3.63) is 40.2 Å². The first kappa shape index (κ1) is 20.1. The van der Waals surface area contributed by atoms with Crippen LogP contribution < -0.4 is 5.32 Å².